The second-order valence-corrected chi connectivity index (χ2v) is 3.06. The molecule has 0 saturated heterocycles. The third-order valence-corrected chi connectivity index (χ3v) is 1.88. The number of carbonyl (C=O) groups is 1. The van der Waals surface area contributed by atoms with Crippen LogP contribution in [0.1, 0.15) is 5.56 Å². The quantitative estimate of drug-likeness (QED) is 0.601. The second-order valence-electron chi connectivity index (χ2n) is 3.06. The number of amides is 1. The van der Waals surface area contributed by atoms with Crippen molar-refractivity contribution in [3.63, 3.8) is 0 Å². The molecule has 0 aliphatic heterocycles. The van der Waals surface area contributed by atoms with Crippen molar-refractivity contribution in [2.24, 2.45) is 19.8 Å². The van der Waals surface area contributed by atoms with Crippen molar-refractivity contribution in [2.75, 3.05) is 0 Å². The third-order valence-electron chi connectivity index (χ3n) is 1.88. The number of rotatable bonds is 2. The molecule has 0 spiro atoms. The molecule has 0 aliphatic carbocycles. The fourth-order valence-electron chi connectivity index (χ4n) is 1.19. The zero-order valence-corrected chi connectivity index (χ0v) is 7.98. The lowest BCUT2D eigenvalue weighted by molar-refractivity contribution is -0.117. The Morgan fingerprint density at radius 1 is 1.43 bits per heavy atom. The molecule has 0 unspecified atom stereocenters. The van der Waals surface area contributed by atoms with Gasteiger partial charge in [-0.25, -0.2) is 4.79 Å². The molecule has 14 heavy (non-hydrogen) atoms. The summed E-state index contributed by atoms with van der Waals surface area (Å²) in [5, 5.41) is 0. The van der Waals surface area contributed by atoms with Gasteiger partial charge in [0.05, 0.1) is 6.42 Å². The van der Waals surface area contributed by atoms with E-state index >= 15 is 0 Å². The van der Waals surface area contributed by atoms with Crippen LogP contribution in [0.15, 0.2) is 15.8 Å². The highest BCUT2D eigenvalue weighted by atomic mass is 16.2. The van der Waals surface area contributed by atoms with Crippen LogP contribution in [0.2, 0.25) is 0 Å². The number of nitrogens with two attached hydrogens (primary N) is 1. The molecule has 1 amide bonds. The molecule has 1 rings (SSSR count). The third kappa shape index (κ3) is 1.73. The average molecular weight is 197 g/mol. The van der Waals surface area contributed by atoms with Gasteiger partial charge in [0.25, 0.3) is 5.56 Å². The molecule has 1 heterocycles. The Morgan fingerprint density at radius 2 is 2.00 bits per heavy atom. The summed E-state index contributed by atoms with van der Waals surface area (Å²) in [6.07, 6.45) is 1.18. The van der Waals surface area contributed by atoms with Gasteiger partial charge in [-0.1, -0.05) is 0 Å². The molecule has 1 aromatic rings. The maximum Gasteiger partial charge on any atom is 0.330 e. The fraction of sp³-hybridized carbons (Fsp3) is 0.375. The SMILES string of the molecule is Cn1cc(CC(N)=O)c(=O)n(C)c1=O. The van der Waals surface area contributed by atoms with E-state index in [1.54, 1.807) is 0 Å². The summed E-state index contributed by atoms with van der Waals surface area (Å²) < 4.78 is 2.18. The van der Waals surface area contributed by atoms with E-state index in [1.807, 2.05) is 0 Å². The first-order valence-electron chi connectivity index (χ1n) is 3.97. The first-order chi connectivity index (χ1) is 6.43. The minimum Gasteiger partial charge on any atom is -0.369 e. The van der Waals surface area contributed by atoms with Gasteiger partial charge in [-0.2, -0.15) is 0 Å². The van der Waals surface area contributed by atoms with Crippen LogP contribution >= 0.6 is 0 Å². The number of nitrogens with zero attached hydrogens (tertiary/aromatic N) is 2. The summed E-state index contributed by atoms with van der Waals surface area (Å²) in [5.41, 5.74) is 4.27. The summed E-state index contributed by atoms with van der Waals surface area (Å²) in [7, 11) is 2.86. The lowest BCUT2D eigenvalue weighted by atomic mass is 10.2. The van der Waals surface area contributed by atoms with E-state index < -0.39 is 17.2 Å². The second kappa shape index (κ2) is 3.49. The molecule has 2 N–H and O–H groups in total. The van der Waals surface area contributed by atoms with E-state index in [9.17, 15) is 14.4 Å². The molecule has 76 valence electrons. The van der Waals surface area contributed by atoms with Gasteiger partial charge < -0.3 is 10.3 Å². The fourth-order valence-corrected chi connectivity index (χ4v) is 1.19. The largest absolute Gasteiger partial charge is 0.369 e. The Balaban J connectivity index is 3.41. The molecular weight excluding hydrogens is 186 g/mol. The van der Waals surface area contributed by atoms with E-state index in [0.717, 1.165) is 4.57 Å². The molecule has 0 saturated carbocycles. The molecule has 0 fully saturated rings. The molecule has 0 radical (unpaired) electrons. The van der Waals surface area contributed by atoms with Crippen LogP contribution in [0.3, 0.4) is 0 Å². The Bertz CT molecular complexity index is 484. The number of aromatic nitrogens is 2. The zero-order valence-electron chi connectivity index (χ0n) is 7.98. The monoisotopic (exact) mass is 197 g/mol. The number of aryl methyl sites for hydroxylation is 1. The lowest BCUT2D eigenvalue weighted by Gasteiger charge is -2.04. The minimum atomic E-state index is -0.597. The van der Waals surface area contributed by atoms with Crippen LogP contribution in [-0.2, 0) is 25.3 Å². The lowest BCUT2D eigenvalue weighted by Crippen LogP contribution is -2.39. The average Bonchev–Trinajstić information content (AvgIpc) is 2.10. The normalized spacial score (nSPS) is 10.1. The van der Waals surface area contributed by atoms with Crippen LogP contribution in [0, 0.1) is 0 Å². The van der Waals surface area contributed by atoms with Crippen LogP contribution in [0.4, 0.5) is 0 Å². The Morgan fingerprint density at radius 3 is 2.50 bits per heavy atom. The van der Waals surface area contributed by atoms with Crippen LogP contribution < -0.4 is 17.0 Å². The summed E-state index contributed by atoms with van der Waals surface area (Å²) in [5.74, 6) is -0.597. The smallest absolute Gasteiger partial charge is 0.330 e. The highest BCUT2D eigenvalue weighted by molar-refractivity contribution is 5.76. The van der Waals surface area contributed by atoms with Crippen LogP contribution in [-0.4, -0.2) is 15.0 Å². The predicted molar refractivity (Wildman–Crippen MR) is 49.8 cm³/mol. The predicted octanol–water partition coefficient (Wildman–Crippen LogP) is -1.89. The van der Waals surface area contributed by atoms with E-state index in [4.69, 9.17) is 5.73 Å². The van der Waals surface area contributed by atoms with E-state index in [-0.39, 0.29) is 12.0 Å². The van der Waals surface area contributed by atoms with E-state index in [0.29, 0.717) is 0 Å². The van der Waals surface area contributed by atoms with Gasteiger partial charge in [-0.05, 0) is 0 Å². The Hall–Kier alpha value is -1.85. The van der Waals surface area contributed by atoms with E-state index in [1.165, 1.54) is 24.9 Å². The first kappa shape index (κ1) is 10.2. The Kier molecular flexibility index (Phi) is 2.55. The molecule has 0 atom stereocenters. The van der Waals surface area contributed by atoms with Crippen LogP contribution in [0.5, 0.6) is 0 Å². The maximum atomic E-state index is 11.4. The van der Waals surface area contributed by atoms with Crippen molar-refractivity contribution in [3.8, 4) is 0 Å². The first-order valence-corrected chi connectivity index (χ1v) is 3.97. The summed E-state index contributed by atoms with van der Waals surface area (Å²) in [6, 6.07) is 0. The number of primary amides is 1. The summed E-state index contributed by atoms with van der Waals surface area (Å²) in [6.45, 7) is 0. The van der Waals surface area contributed by atoms with Crippen molar-refractivity contribution in [1.82, 2.24) is 9.13 Å². The van der Waals surface area contributed by atoms with Gasteiger partial charge in [0, 0.05) is 25.9 Å². The molecule has 6 heteroatoms. The van der Waals surface area contributed by atoms with Crippen molar-refractivity contribution < 1.29 is 4.79 Å². The highest BCUT2D eigenvalue weighted by Gasteiger charge is 2.08. The molecule has 6 nitrogen and oxygen atoms in total. The topological polar surface area (TPSA) is 87.1 Å². The summed E-state index contributed by atoms with van der Waals surface area (Å²) >= 11 is 0. The molecule has 1 aromatic heterocycles. The van der Waals surface area contributed by atoms with Crippen LogP contribution in [0.25, 0.3) is 0 Å². The number of carbonyl (C=O) groups excluding carboxylic acids is 1. The van der Waals surface area contributed by atoms with Gasteiger partial charge in [0.15, 0.2) is 0 Å². The van der Waals surface area contributed by atoms with Gasteiger partial charge >= 0.3 is 5.69 Å². The van der Waals surface area contributed by atoms with E-state index in [2.05, 4.69) is 0 Å². The Labute approximate surface area is 79.6 Å². The van der Waals surface area contributed by atoms with Crippen molar-refractivity contribution in [2.45, 2.75) is 6.42 Å². The standard InChI is InChI=1S/C8H11N3O3/c1-10-4-5(3-6(9)12)7(13)11(2)8(10)14/h4H,3H2,1-2H3,(H2,9,12). The number of hydrogen-bond acceptors (Lipinski definition) is 3. The van der Waals surface area contributed by atoms with Gasteiger partial charge in [0.1, 0.15) is 0 Å². The van der Waals surface area contributed by atoms with Crippen molar-refractivity contribution in [3.05, 3.63) is 32.6 Å². The summed E-state index contributed by atoms with van der Waals surface area (Å²) in [4.78, 5) is 33.3. The highest BCUT2D eigenvalue weighted by Crippen LogP contribution is 1.88. The number of hydrogen-bond donors (Lipinski definition) is 1. The van der Waals surface area contributed by atoms with Crippen molar-refractivity contribution in [1.29, 1.82) is 0 Å². The minimum absolute atomic E-state index is 0.152. The molecule has 0 aliphatic rings. The zero-order chi connectivity index (χ0) is 10.9. The van der Waals surface area contributed by atoms with Gasteiger partial charge in [-0.3, -0.25) is 14.2 Å². The molecule has 0 aromatic carbocycles. The van der Waals surface area contributed by atoms with Gasteiger partial charge in [-0.15, -0.1) is 0 Å². The van der Waals surface area contributed by atoms with Gasteiger partial charge in [0.2, 0.25) is 5.91 Å². The maximum absolute atomic E-state index is 11.4. The molecule has 0 bridgehead atoms. The van der Waals surface area contributed by atoms with Crippen molar-refractivity contribution >= 4 is 5.91 Å². The molecular formula is C8H11N3O3.